The molecule has 2 aromatic heterocycles. The van der Waals surface area contributed by atoms with E-state index in [0.29, 0.717) is 10.4 Å². The lowest BCUT2D eigenvalue weighted by Gasteiger charge is -2.05. The van der Waals surface area contributed by atoms with Crippen LogP contribution in [0.15, 0.2) is 10.6 Å². The Morgan fingerprint density at radius 2 is 2.24 bits per heavy atom. The van der Waals surface area contributed by atoms with Gasteiger partial charge in [0.1, 0.15) is 12.2 Å². The molecule has 0 unspecified atom stereocenters. The van der Waals surface area contributed by atoms with Gasteiger partial charge < -0.3 is 9.63 Å². The van der Waals surface area contributed by atoms with E-state index in [2.05, 4.69) is 20.8 Å². The van der Waals surface area contributed by atoms with Crippen molar-refractivity contribution in [1.82, 2.24) is 20.2 Å². The van der Waals surface area contributed by atoms with Crippen molar-refractivity contribution in [3.8, 4) is 0 Å². The topological polar surface area (TPSA) is 123 Å². The number of hydrogen-bond donors (Lipinski definition) is 2. The SMILES string of the molecule is Cc1cc(NC(=O)Cn2nnc(C(=O)O)c2C(F)F)on1. The number of alkyl halides is 2. The Labute approximate surface area is 115 Å². The summed E-state index contributed by atoms with van der Waals surface area (Å²) < 4.78 is 30.9. The summed E-state index contributed by atoms with van der Waals surface area (Å²) in [5.41, 5.74) is -1.31. The highest BCUT2D eigenvalue weighted by Crippen LogP contribution is 2.21. The van der Waals surface area contributed by atoms with Crippen LogP contribution < -0.4 is 5.32 Å². The van der Waals surface area contributed by atoms with Crippen molar-refractivity contribution in [3.63, 3.8) is 0 Å². The molecule has 2 aromatic rings. The lowest BCUT2D eigenvalue weighted by Crippen LogP contribution is -2.21. The lowest BCUT2D eigenvalue weighted by atomic mass is 10.3. The molecule has 0 fully saturated rings. The van der Waals surface area contributed by atoms with Crippen molar-refractivity contribution >= 4 is 17.8 Å². The Morgan fingerprint density at radius 1 is 1.52 bits per heavy atom. The zero-order valence-electron chi connectivity index (χ0n) is 10.6. The number of carbonyl (C=O) groups is 2. The number of aromatic carboxylic acids is 1. The Balaban J connectivity index is 2.15. The minimum Gasteiger partial charge on any atom is -0.476 e. The Bertz CT molecular complexity index is 681. The molecule has 9 nitrogen and oxygen atoms in total. The van der Waals surface area contributed by atoms with Crippen molar-refractivity contribution in [2.45, 2.75) is 19.9 Å². The van der Waals surface area contributed by atoms with Crippen LogP contribution in [0.25, 0.3) is 0 Å². The fourth-order valence-corrected chi connectivity index (χ4v) is 1.54. The molecule has 0 saturated carbocycles. The average Bonchev–Trinajstić information content (AvgIpc) is 2.95. The van der Waals surface area contributed by atoms with Crippen LogP contribution in [0.3, 0.4) is 0 Å². The molecule has 0 aliphatic heterocycles. The predicted molar refractivity (Wildman–Crippen MR) is 61.8 cm³/mol. The molecule has 0 spiro atoms. The van der Waals surface area contributed by atoms with Gasteiger partial charge >= 0.3 is 5.97 Å². The number of halogens is 2. The number of aryl methyl sites for hydroxylation is 1. The fraction of sp³-hybridized carbons (Fsp3) is 0.300. The van der Waals surface area contributed by atoms with E-state index in [1.54, 1.807) is 6.92 Å². The number of carbonyl (C=O) groups excluding carboxylic acids is 1. The van der Waals surface area contributed by atoms with Crippen LogP contribution in [-0.4, -0.2) is 37.1 Å². The van der Waals surface area contributed by atoms with Crippen LogP contribution in [0.1, 0.15) is 28.3 Å². The normalized spacial score (nSPS) is 10.9. The van der Waals surface area contributed by atoms with Crippen LogP contribution >= 0.6 is 0 Å². The standard InChI is InChI=1S/C10H9F2N5O4/c1-4-2-6(21-15-4)13-5(18)3-17-8(9(11)12)7(10(19)20)14-16-17/h2,9H,3H2,1H3,(H,13,18)(H,19,20). The van der Waals surface area contributed by atoms with E-state index >= 15 is 0 Å². The summed E-state index contributed by atoms with van der Waals surface area (Å²) in [6, 6.07) is 1.43. The van der Waals surface area contributed by atoms with Gasteiger partial charge in [0, 0.05) is 6.07 Å². The maximum Gasteiger partial charge on any atom is 0.358 e. The minimum atomic E-state index is -3.13. The van der Waals surface area contributed by atoms with Gasteiger partial charge in [0.2, 0.25) is 11.8 Å². The van der Waals surface area contributed by atoms with Crippen LogP contribution in [0, 0.1) is 6.92 Å². The maximum atomic E-state index is 12.8. The Hall–Kier alpha value is -2.85. The van der Waals surface area contributed by atoms with Crippen molar-refractivity contribution in [3.05, 3.63) is 23.1 Å². The first-order chi connectivity index (χ1) is 9.88. The number of hydrogen-bond acceptors (Lipinski definition) is 6. The molecule has 0 radical (unpaired) electrons. The number of amides is 1. The van der Waals surface area contributed by atoms with E-state index in [-0.39, 0.29) is 5.88 Å². The number of anilines is 1. The second kappa shape index (κ2) is 5.64. The van der Waals surface area contributed by atoms with Gasteiger partial charge in [-0.3, -0.25) is 10.1 Å². The molecule has 2 N–H and O–H groups in total. The van der Waals surface area contributed by atoms with E-state index in [0.717, 1.165) is 0 Å². The molecule has 21 heavy (non-hydrogen) atoms. The molecular weight excluding hydrogens is 292 g/mol. The summed E-state index contributed by atoms with van der Waals surface area (Å²) in [7, 11) is 0. The van der Waals surface area contributed by atoms with Gasteiger partial charge in [-0.15, -0.1) is 5.10 Å². The highest BCUT2D eigenvalue weighted by atomic mass is 19.3. The number of carboxylic acids is 1. The maximum absolute atomic E-state index is 12.8. The summed E-state index contributed by atoms with van der Waals surface area (Å²) in [4.78, 5) is 22.4. The molecule has 2 rings (SSSR count). The molecule has 0 saturated heterocycles. The smallest absolute Gasteiger partial charge is 0.358 e. The van der Waals surface area contributed by atoms with Crippen molar-refractivity contribution in [2.24, 2.45) is 0 Å². The van der Waals surface area contributed by atoms with Crippen molar-refractivity contribution in [2.75, 3.05) is 5.32 Å². The van der Waals surface area contributed by atoms with Crippen LogP contribution in [0.4, 0.5) is 14.7 Å². The van der Waals surface area contributed by atoms with Gasteiger partial charge in [-0.1, -0.05) is 10.4 Å². The Kier molecular flexibility index (Phi) is 3.91. The third kappa shape index (κ3) is 3.19. The van der Waals surface area contributed by atoms with Gasteiger partial charge in [-0.25, -0.2) is 18.3 Å². The van der Waals surface area contributed by atoms with E-state index in [9.17, 15) is 18.4 Å². The molecule has 0 atom stereocenters. The summed E-state index contributed by atoms with van der Waals surface area (Å²) >= 11 is 0. The van der Waals surface area contributed by atoms with Gasteiger partial charge in [0.25, 0.3) is 6.43 Å². The van der Waals surface area contributed by atoms with Crippen LogP contribution in [-0.2, 0) is 11.3 Å². The van der Waals surface area contributed by atoms with Gasteiger partial charge in [0.15, 0.2) is 5.69 Å². The quantitative estimate of drug-likeness (QED) is 0.839. The van der Waals surface area contributed by atoms with Crippen molar-refractivity contribution < 1.29 is 28.0 Å². The lowest BCUT2D eigenvalue weighted by molar-refractivity contribution is -0.117. The van der Waals surface area contributed by atoms with E-state index in [4.69, 9.17) is 9.63 Å². The molecule has 2 heterocycles. The molecule has 0 bridgehead atoms. The molecule has 112 valence electrons. The average molecular weight is 301 g/mol. The summed E-state index contributed by atoms with van der Waals surface area (Å²) in [6.45, 7) is 0.990. The van der Waals surface area contributed by atoms with Gasteiger partial charge in [-0.2, -0.15) is 0 Å². The molecular formula is C10H9F2N5O4. The van der Waals surface area contributed by atoms with Crippen molar-refractivity contribution in [1.29, 1.82) is 0 Å². The molecule has 0 aromatic carbocycles. The summed E-state index contributed by atoms with van der Waals surface area (Å²) in [5.74, 6) is -2.35. The monoisotopic (exact) mass is 301 g/mol. The zero-order chi connectivity index (χ0) is 15.6. The van der Waals surface area contributed by atoms with E-state index < -0.39 is 36.2 Å². The summed E-state index contributed by atoms with van der Waals surface area (Å²) in [5, 5.41) is 20.9. The third-order valence-electron chi connectivity index (χ3n) is 2.37. The van der Waals surface area contributed by atoms with Gasteiger partial charge in [0.05, 0.1) is 5.69 Å². The molecule has 0 aliphatic rings. The second-order valence-corrected chi connectivity index (χ2v) is 3.97. The third-order valence-corrected chi connectivity index (χ3v) is 2.37. The van der Waals surface area contributed by atoms with Crippen LogP contribution in [0.5, 0.6) is 0 Å². The van der Waals surface area contributed by atoms with E-state index in [1.165, 1.54) is 6.07 Å². The first-order valence-electron chi connectivity index (χ1n) is 5.56. The van der Waals surface area contributed by atoms with E-state index in [1.807, 2.05) is 0 Å². The summed E-state index contributed by atoms with van der Waals surface area (Å²) in [6.07, 6.45) is -3.13. The number of nitrogens with one attached hydrogen (secondary N) is 1. The zero-order valence-corrected chi connectivity index (χ0v) is 10.6. The first kappa shape index (κ1) is 14.6. The number of aromatic nitrogens is 4. The fourth-order valence-electron chi connectivity index (χ4n) is 1.54. The van der Waals surface area contributed by atoms with Gasteiger partial charge in [-0.05, 0) is 6.92 Å². The molecule has 0 aliphatic carbocycles. The predicted octanol–water partition coefficient (Wildman–Crippen LogP) is 0.849. The largest absolute Gasteiger partial charge is 0.476 e. The first-order valence-corrected chi connectivity index (χ1v) is 5.56. The number of nitrogens with zero attached hydrogens (tertiary/aromatic N) is 4. The second-order valence-electron chi connectivity index (χ2n) is 3.97. The highest BCUT2D eigenvalue weighted by Gasteiger charge is 2.27. The highest BCUT2D eigenvalue weighted by molar-refractivity contribution is 5.90. The Morgan fingerprint density at radius 3 is 2.76 bits per heavy atom. The molecule has 1 amide bonds. The van der Waals surface area contributed by atoms with Crippen LogP contribution in [0.2, 0.25) is 0 Å². The number of rotatable bonds is 5. The number of carboxylic acid groups (broad SMARTS) is 1. The minimum absolute atomic E-state index is 0.0367. The molecule has 11 heteroatoms.